The van der Waals surface area contributed by atoms with Crippen LogP contribution >= 0.6 is 0 Å². The van der Waals surface area contributed by atoms with Crippen molar-refractivity contribution < 1.29 is 10.2 Å². The molecule has 0 aromatic heterocycles. The van der Waals surface area contributed by atoms with Gasteiger partial charge in [-0.15, -0.1) is 0 Å². The summed E-state index contributed by atoms with van der Waals surface area (Å²) in [6.45, 7) is 4.31. The van der Waals surface area contributed by atoms with Gasteiger partial charge in [-0.25, -0.2) is 0 Å². The van der Waals surface area contributed by atoms with Crippen LogP contribution in [0.15, 0.2) is 0 Å². The van der Waals surface area contributed by atoms with Crippen LogP contribution in [0.2, 0.25) is 0 Å². The summed E-state index contributed by atoms with van der Waals surface area (Å²) >= 11 is 0. The second-order valence-corrected chi connectivity index (χ2v) is 5.20. The molecule has 0 fully saturated rings. The molecule has 2 nitrogen and oxygen atoms in total. The van der Waals surface area contributed by atoms with E-state index in [0.717, 1.165) is 19.3 Å². The Morgan fingerprint density at radius 2 is 1.31 bits per heavy atom. The molecule has 0 saturated carbocycles. The molecule has 0 aliphatic carbocycles. The molecular formula is C14H30O2. The van der Waals surface area contributed by atoms with Crippen LogP contribution in [0.4, 0.5) is 0 Å². The minimum absolute atomic E-state index is 0.188. The summed E-state index contributed by atoms with van der Waals surface area (Å²) in [5.74, 6) is 0. The van der Waals surface area contributed by atoms with Gasteiger partial charge in [0.2, 0.25) is 0 Å². The zero-order chi connectivity index (χ0) is 12.3. The molecule has 2 heteroatoms. The van der Waals surface area contributed by atoms with Gasteiger partial charge in [0.25, 0.3) is 0 Å². The van der Waals surface area contributed by atoms with Gasteiger partial charge >= 0.3 is 0 Å². The molecule has 0 radical (unpaired) electrons. The van der Waals surface area contributed by atoms with Crippen molar-refractivity contribution in [2.75, 3.05) is 6.61 Å². The predicted octanol–water partition coefficient (Wildman–Crippen LogP) is 3.65. The third kappa shape index (κ3) is 10.4. The van der Waals surface area contributed by atoms with Crippen molar-refractivity contribution in [3.63, 3.8) is 0 Å². The fourth-order valence-corrected chi connectivity index (χ4v) is 2.05. The number of rotatable bonds is 11. The highest BCUT2D eigenvalue weighted by atomic mass is 16.3. The first-order chi connectivity index (χ1) is 7.62. The van der Waals surface area contributed by atoms with Gasteiger partial charge in [-0.1, -0.05) is 51.9 Å². The molecule has 2 N–H and O–H groups in total. The lowest BCUT2D eigenvalue weighted by Crippen LogP contribution is -2.24. The molecule has 0 aliphatic heterocycles. The van der Waals surface area contributed by atoms with Gasteiger partial charge in [0.15, 0.2) is 0 Å². The highest BCUT2D eigenvalue weighted by molar-refractivity contribution is 4.71. The number of unbranched alkanes of at least 4 members (excludes halogenated alkanes) is 6. The van der Waals surface area contributed by atoms with Crippen molar-refractivity contribution in [2.24, 2.45) is 0 Å². The Labute approximate surface area is 101 Å². The fourth-order valence-electron chi connectivity index (χ4n) is 2.05. The van der Waals surface area contributed by atoms with Crippen LogP contribution in [0, 0.1) is 0 Å². The number of aliphatic hydroxyl groups is 2. The standard InChI is InChI=1S/C14H30O2/c1-3-4-5-6-7-8-9-11-14(2,16)12-10-13-15/h15-16H,3-13H2,1-2H3. The van der Waals surface area contributed by atoms with Crippen LogP contribution in [0.5, 0.6) is 0 Å². The Morgan fingerprint density at radius 1 is 0.812 bits per heavy atom. The Balaban J connectivity index is 3.29. The Morgan fingerprint density at radius 3 is 1.88 bits per heavy atom. The summed E-state index contributed by atoms with van der Waals surface area (Å²) < 4.78 is 0. The second kappa shape index (κ2) is 10.1. The quantitative estimate of drug-likeness (QED) is 0.532. The first-order valence-corrected chi connectivity index (χ1v) is 6.95. The molecule has 16 heavy (non-hydrogen) atoms. The largest absolute Gasteiger partial charge is 0.396 e. The molecule has 0 aromatic carbocycles. The number of hydrogen-bond acceptors (Lipinski definition) is 2. The lowest BCUT2D eigenvalue weighted by molar-refractivity contribution is 0.0326. The molecule has 0 aliphatic rings. The lowest BCUT2D eigenvalue weighted by atomic mass is 9.93. The molecule has 0 aromatic rings. The minimum atomic E-state index is -0.563. The zero-order valence-corrected chi connectivity index (χ0v) is 11.2. The van der Waals surface area contributed by atoms with E-state index in [-0.39, 0.29) is 6.61 Å². The van der Waals surface area contributed by atoms with Crippen LogP contribution in [-0.2, 0) is 0 Å². The third-order valence-corrected chi connectivity index (χ3v) is 3.19. The fraction of sp³-hybridized carbons (Fsp3) is 1.00. The summed E-state index contributed by atoms with van der Waals surface area (Å²) in [5, 5.41) is 18.7. The summed E-state index contributed by atoms with van der Waals surface area (Å²) in [6, 6.07) is 0. The molecule has 98 valence electrons. The first-order valence-electron chi connectivity index (χ1n) is 6.95. The van der Waals surface area contributed by atoms with Gasteiger partial charge in [0.05, 0.1) is 5.60 Å². The molecule has 0 amide bonds. The monoisotopic (exact) mass is 230 g/mol. The molecular weight excluding hydrogens is 200 g/mol. The summed E-state index contributed by atoms with van der Waals surface area (Å²) in [6.07, 6.45) is 11.3. The van der Waals surface area contributed by atoms with Crippen molar-refractivity contribution >= 4 is 0 Å². The normalized spacial score (nSPS) is 15.0. The maximum Gasteiger partial charge on any atom is 0.0620 e. The molecule has 0 spiro atoms. The lowest BCUT2D eigenvalue weighted by Gasteiger charge is -2.22. The number of aliphatic hydroxyl groups excluding tert-OH is 1. The van der Waals surface area contributed by atoms with Crippen LogP contribution in [0.3, 0.4) is 0 Å². The van der Waals surface area contributed by atoms with Crippen LogP contribution in [0.25, 0.3) is 0 Å². The van der Waals surface area contributed by atoms with Gasteiger partial charge < -0.3 is 10.2 Å². The Bertz CT molecular complexity index is 144. The molecule has 0 saturated heterocycles. The van der Waals surface area contributed by atoms with Crippen LogP contribution < -0.4 is 0 Å². The highest BCUT2D eigenvalue weighted by Crippen LogP contribution is 2.20. The smallest absolute Gasteiger partial charge is 0.0620 e. The van der Waals surface area contributed by atoms with E-state index in [1.54, 1.807) is 0 Å². The molecule has 0 heterocycles. The maximum atomic E-state index is 9.98. The predicted molar refractivity (Wildman–Crippen MR) is 69.6 cm³/mol. The molecule has 0 rings (SSSR count). The van der Waals surface area contributed by atoms with Crippen molar-refractivity contribution in [2.45, 2.75) is 83.7 Å². The topological polar surface area (TPSA) is 40.5 Å². The van der Waals surface area contributed by atoms with E-state index in [0.29, 0.717) is 6.42 Å². The van der Waals surface area contributed by atoms with Crippen molar-refractivity contribution in [1.29, 1.82) is 0 Å². The summed E-state index contributed by atoms with van der Waals surface area (Å²) in [7, 11) is 0. The summed E-state index contributed by atoms with van der Waals surface area (Å²) in [4.78, 5) is 0. The second-order valence-electron chi connectivity index (χ2n) is 5.20. The van der Waals surface area contributed by atoms with E-state index >= 15 is 0 Å². The van der Waals surface area contributed by atoms with Crippen LogP contribution in [-0.4, -0.2) is 22.4 Å². The van der Waals surface area contributed by atoms with Gasteiger partial charge in [-0.2, -0.15) is 0 Å². The van der Waals surface area contributed by atoms with Crippen molar-refractivity contribution in [1.82, 2.24) is 0 Å². The van der Waals surface area contributed by atoms with Crippen molar-refractivity contribution in [3.8, 4) is 0 Å². The maximum absolute atomic E-state index is 9.98. The molecule has 0 bridgehead atoms. The molecule has 1 unspecified atom stereocenters. The van der Waals surface area contributed by atoms with Gasteiger partial charge in [0.1, 0.15) is 0 Å². The Kier molecular flexibility index (Phi) is 10.0. The van der Waals surface area contributed by atoms with Gasteiger partial charge in [-0.3, -0.25) is 0 Å². The minimum Gasteiger partial charge on any atom is -0.396 e. The average Bonchev–Trinajstić information content (AvgIpc) is 2.25. The van der Waals surface area contributed by atoms with E-state index in [1.807, 2.05) is 6.92 Å². The van der Waals surface area contributed by atoms with Gasteiger partial charge in [-0.05, 0) is 26.2 Å². The van der Waals surface area contributed by atoms with E-state index < -0.39 is 5.60 Å². The van der Waals surface area contributed by atoms with E-state index in [2.05, 4.69) is 6.92 Å². The zero-order valence-electron chi connectivity index (χ0n) is 11.2. The highest BCUT2D eigenvalue weighted by Gasteiger charge is 2.18. The Hall–Kier alpha value is -0.0800. The molecule has 1 atom stereocenters. The SMILES string of the molecule is CCCCCCCCCC(C)(O)CCCO. The van der Waals surface area contributed by atoms with E-state index in [9.17, 15) is 5.11 Å². The van der Waals surface area contributed by atoms with Gasteiger partial charge in [0, 0.05) is 6.61 Å². The van der Waals surface area contributed by atoms with E-state index in [4.69, 9.17) is 5.11 Å². The van der Waals surface area contributed by atoms with Crippen LogP contribution in [0.1, 0.15) is 78.1 Å². The first kappa shape index (κ1) is 15.9. The summed E-state index contributed by atoms with van der Waals surface area (Å²) in [5.41, 5.74) is -0.563. The van der Waals surface area contributed by atoms with Crippen molar-refractivity contribution in [3.05, 3.63) is 0 Å². The number of hydrogen-bond donors (Lipinski definition) is 2. The average molecular weight is 230 g/mol. The third-order valence-electron chi connectivity index (χ3n) is 3.19. The van der Waals surface area contributed by atoms with E-state index in [1.165, 1.54) is 38.5 Å².